The minimum absolute atomic E-state index is 0.0527. The van der Waals surface area contributed by atoms with Crippen LogP contribution in [0.5, 0.6) is 11.5 Å². The van der Waals surface area contributed by atoms with Crippen LogP contribution in [0.3, 0.4) is 0 Å². The highest BCUT2D eigenvalue weighted by molar-refractivity contribution is 5.95. The standard InChI is InChI=1S/C24H32N6O4/c1-6-30-23(32)21-20(16(4)26-27(21)5)25-24(30)29-13-11-28(12-14-29)22(31)17-9-10-18(33-7-2)19(15-17)34-8-3/h9-10,15H,6-8,11-14H2,1-5H3. The number of nitrogens with zero attached hydrogens (tertiary/aromatic N) is 6. The molecule has 0 spiro atoms. The van der Waals surface area contributed by atoms with Crippen LogP contribution in [0.25, 0.3) is 11.0 Å². The van der Waals surface area contributed by atoms with E-state index < -0.39 is 0 Å². The Kier molecular flexibility index (Phi) is 6.76. The summed E-state index contributed by atoms with van der Waals surface area (Å²) < 4.78 is 14.6. The summed E-state index contributed by atoms with van der Waals surface area (Å²) in [5.74, 6) is 1.78. The smallest absolute Gasteiger partial charge is 0.281 e. The number of rotatable bonds is 7. The molecule has 1 amide bonds. The van der Waals surface area contributed by atoms with Crippen LogP contribution in [-0.4, -0.2) is 69.5 Å². The molecule has 0 aliphatic carbocycles. The maximum atomic E-state index is 13.2. The number of hydrogen-bond acceptors (Lipinski definition) is 7. The number of benzene rings is 1. The molecule has 10 heteroatoms. The summed E-state index contributed by atoms with van der Waals surface area (Å²) >= 11 is 0. The number of hydrogen-bond donors (Lipinski definition) is 0. The molecule has 3 aromatic rings. The number of carbonyl (C=O) groups is 1. The zero-order chi connectivity index (χ0) is 24.4. The summed E-state index contributed by atoms with van der Waals surface area (Å²) in [6, 6.07) is 5.31. The lowest BCUT2D eigenvalue weighted by Crippen LogP contribution is -2.50. The van der Waals surface area contributed by atoms with Gasteiger partial charge >= 0.3 is 0 Å². The van der Waals surface area contributed by atoms with Crippen LogP contribution in [0.4, 0.5) is 5.95 Å². The van der Waals surface area contributed by atoms with Crippen LogP contribution < -0.4 is 19.9 Å². The van der Waals surface area contributed by atoms with Crippen molar-refractivity contribution < 1.29 is 14.3 Å². The third-order valence-corrected chi connectivity index (χ3v) is 6.05. The van der Waals surface area contributed by atoms with Crippen molar-refractivity contribution in [2.45, 2.75) is 34.2 Å². The minimum Gasteiger partial charge on any atom is -0.490 e. The highest BCUT2D eigenvalue weighted by atomic mass is 16.5. The van der Waals surface area contributed by atoms with Gasteiger partial charge in [-0.2, -0.15) is 5.10 Å². The Bertz CT molecular complexity index is 1260. The molecular weight excluding hydrogens is 436 g/mol. The van der Waals surface area contributed by atoms with Gasteiger partial charge in [-0.25, -0.2) is 4.98 Å². The Hall–Kier alpha value is -3.56. The molecule has 1 saturated heterocycles. The Balaban J connectivity index is 1.54. The molecule has 0 bridgehead atoms. The fourth-order valence-corrected chi connectivity index (χ4v) is 4.40. The lowest BCUT2D eigenvalue weighted by molar-refractivity contribution is 0.0745. The van der Waals surface area contributed by atoms with Gasteiger partial charge in [-0.05, 0) is 45.9 Å². The average molecular weight is 469 g/mol. The average Bonchev–Trinajstić information content (AvgIpc) is 3.13. The van der Waals surface area contributed by atoms with Crippen molar-refractivity contribution in [3.05, 3.63) is 39.8 Å². The molecule has 0 N–H and O–H groups in total. The molecule has 0 radical (unpaired) electrons. The van der Waals surface area contributed by atoms with E-state index in [0.717, 1.165) is 5.69 Å². The van der Waals surface area contributed by atoms with Crippen LogP contribution in [0.15, 0.2) is 23.0 Å². The van der Waals surface area contributed by atoms with Crippen molar-refractivity contribution in [3.63, 3.8) is 0 Å². The van der Waals surface area contributed by atoms with Crippen LogP contribution in [-0.2, 0) is 13.6 Å². The van der Waals surface area contributed by atoms with Crippen molar-refractivity contribution in [3.8, 4) is 11.5 Å². The quantitative estimate of drug-likeness (QED) is 0.525. The normalized spacial score (nSPS) is 14.0. The van der Waals surface area contributed by atoms with Crippen LogP contribution in [0.1, 0.15) is 36.8 Å². The van der Waals surface area contributed by atoms with Gasteiger partial charge in [0, 0.05) is 45.3 Å². The van der Waals surface area contributed by atoms with Crippen molar-refractivity contribution in [2.24, 2.45) is 7.05 Å². The Morgan fingerprint density at radius 1 is 1.03 bits per heavy atom. The molecule has 34 heavy (non-hydrogen) atoms. The fourth-order valence-electron chi connectivity index (χ4n) is 4.40. The van der Waals surface area contributed by atoms with E-state index in [4.69, 9.17) is 14.5 Å². The largest absolute Gasteiger partial charge is 0.490 e. The molecule has 0 atom stereocenters. The van der Waals surface area contributed by atoms with E-state index >= 15 is 0 Å². The first-order valence-corrected chi connectivity index (χ1v) is 11.8. The maximum Gasteiger partial charge on any atom is 0.281 e. The molecule has 1 aliphatic heterocycles. The molecule has 3 heterocycles. The summed E-state index contributed by atoms with van der Waals surface area (Å²) in [6.07, 6.45) is 0. The summed E-state index contributed by atoms with van der Waals surface area (Å²) in [5, 5.41) is 4.37. The molecule has 0 saturated carbocycles. The number of carbonyl (C=O) groups excluding carboxylic acids is 1. The van der Waals surface area contributed by atoms with Gasteiger partial charge in [-0.3, -0.25) is 18.8 Å². The number of aryl methyl sites for hydroxylation is 2. The van der Waals surface area contributed by atoms with Gasteiger partial charge in [-0.1, -0.05) is 0 Å². The van der Waals surface area contributed by atoms with Gasteiger partial charge in [0.2, 0.25) is 5.95 Å². The molecule has 1 aliphatic rings. The second kappa shape index (κ2) is 9.74. The first-order valence-electron chi connectivity index (χ1n) is 11.8. The van der Waals surface area contributed by atoms with Crippen LogP contribution in [0.2, 0.25) is 0 Å². The van der Waals surface area contributed by atoms with Crippen LogP contribution in [0, 0.1) is 6.92 Å². The second-order valence-corrected chi connectivity index (χ2v) is 8.17. The Morgan fingerprint density at radius 3 is 2.35 bits per heavy atom. The summed E-state index contributed by atoms with van der Waals surface area (Å²) in [4.78, 5) is 35.0. The molecule has 182 valence electrons. The van der Waals surface area contributed by atoms with Crippen molar-refractivity contribution in [2.75, 3.05) is 44.3 Å². The highest BCUT2D eigenvalue weighted by Gasteiger charge is 2.27. The Labute approximate surface area is 198 Å². The van der Waals surface area contributed by atoms with E-state index in [1.165, 1.54) is 0 Å². The van der Waals surface area contributed by atoms with Crippen LogP contribution >= 0.6 is 0 Å². The van der Waals surface area contributed by atoms with E-state index in [-0.39, 0.29) is 11.5 Å². The number of aromatic nitrogens is 4. The molecule has 1 fully saturated rings. The van der Waals surface area contributed by atoms with E-state index in [1.807, 2.05) is 32.6 Å². The summed E-state index contributed by atoms with van der Waals surface area (Å²) in [5.41, 5.74) is 2.34. The van der Waals surface area contributed by atoms with Gasteiger partial charge in [0.15, 0.2) is 17.0 Å². The topological polar surface area (TPSA) is 94.7 Å². The molecular formula is C24H32N6O4. The van der Waals surface area contributed by atoms with E-state index in [1.54, 1.807) is 34.5 Å². The Morgan fingerprint density at radius 2 is 1.71 bits per heavy atom. The van der Waals surface area contributed by atoms with E-state index in [9.17, 15) is 9.59 Å². The number of anilines is 1. The van der Waals surface area contributed by atoms with Gasteiger partial charge in [0.25, 0.3) is 11.5 Å². The number of amides is 1. The predicted octanol–water partition coefficient (Wildman–Crippen LogP) is 2.22. The lowest BCUT2D eigenvalue weighted by atomic mass is 10.1. The minimum atomic E-state index is -0.0954. The third-order valence-electron chi connectivity index (χ3n) is 6.05. The number of fused-ring (bicyclic) bond motifs is 1. The van der Waals surface area contributed by atoms with E-state index in [2.05, 4.69) is 10.00 Å². The first-order chi connectivity index (χ1) is 16.4. The van der Waals surface area contributed by atoms with Crippen molar-refractivity contribution in [1.82, 2.24) is 24.2 Å². The molecule has 4 rings (SSSR count). The predicted molar refractivity (Wildman–Crippen MR) is 130 cm³/mol. The van der Waals surface area contributed by atoms with Gasteiger partial charge in [0.1, 0.15) is 5.52 Å². The summed E-state index contributed by atoms with van der Waals surface area (Å²) in [7, 11) is 1.76. The first kappa shape index (κ1) is 23.6. The molecule has 1 aromatic carbocycles. The SMILES string of the molecule is CCOc1ccc(C(=O)N2CCN(c3nc4c(C)nn(C)c4c(=O)n3CC)CC2)cc1OCC. The van der Waals surface area contributed by atoms with Gasteiger partial charge in [-0.15, -0.1) is 0 Å². The zero-order valence-corrected chi connectivity index (χ0v) is 20.5. The number of piperazine rings is 1. The monoisotopic (exact) mass is 468 g/mol. The zero-order valence-electron chi connectivity index (χ0n) is 20.5. The number of ether oxygens (including phenoxy) is 2. The van der Waals surface area contributed by atoms with Gasteiger partial charge in [0.05, 0.1) is 18.9 Å². The lowest BCUT2D eigenvalue weighted by Gasteiger charge is -2.36. The van der Waals surface area contributed by atoms with E-state index in [0.29, 0.717) is 80.0 Å². The second-order valence-electron chi connectivity index (χ2n) is 8.17. The molecule has 2 aromatic heterocycles. The molecule has 10 nitrogen and oxygen atoms in total. The molecule has 0 unspecified atom stereocenters. The summed E-state index contributed by atoms with van der Waals surface area (Å²) in [6.45, 7) is 11.3. The van der Waals surface area contributed by atoms with Crippen molar-refractivity contribution in [1.29, 1.82) is 0 Å². The fraction of sp³-hybridized carbons (Fsp3) is 0.500. The highest BCUT2D eigenvalue weighted by Crippen LogP contribution is 2.29. The third kappa shape index (κ3) is 4.20. The maximum absolute atomic E-state index is 13.2. The van der Waals surface area contributed by atoms with Crippen molar-refractivity contribution >= 4 is 22.9 Å². The van der Waals surface area contributed by atoms with Gasteiger partial charge < -0.3 is 19.3 Å².